The summed E-state index contributed by atoms with van der Waals surface area (Å²) in [7, 11) is 1.64. The largest absolute Gasteiger partial charge is 0.497 e. The molecule has 1 heterocycles. The maximum atomic E-state index is 12.0. The molecule has 0 aliphatic heterocycles. The Morgan fingerprint density at radius 3 is 2.52 bits per heavy atom. The van der Waals surface area contributed by atoms with Crippen LogP contribution in [0.1, 0.15) is 40.9 Å². The van der Waals surface area contributed by atoms with Gasteiger partial charge in [0, 0.05) is 12.2 Å². The van der Waals surface area contributed by atoms with Gasteiger partial charge in [0.25, 0.3) is 11.5 Å². The fourth-order valence-electron chi connectivity index (χ4n) is 2.35. The Kier molecular flexibility index (Phi) is 5.57. The SMILES string of the molecule is COc1ccc([C@H](C)CCNC(=O)c2ccc(C)[nH]c2=O)cc1. The number of carbonyl (C=O) groups is 1. The zero-order valence-corrected chi connectivity index (χ0v) is 13.7. The van der Waals surface area contributed by atoms with E-state index < -0.39 is 0 Å². The Morgan fingerprint density at radius 1 is 1.22 bits per heavy atom. The van der Waals surface area contributed by atoms with Gasteiger partial charge in [-0.15, -0.1) is 0 Å². The molecule has 1 amide bonds. The zero-order chi connectivity index (χ0) is 16.8. The van der Waals surface area contributed by atoms with Crippen molar-refractivity contribution in [2.75, 3.05) is 13.7 Å². The second kappa shape index (κ2) is 7.63. The maximum absolute atomic E-state index is 12.0. The first-order valence-electron chi connectivity index (χ1n) is 7.63. The fraction of sp³-hybridized carbons (Fsp3) is 0.333. The molecule has 1 aromatic carbocycles. The van der Waals surface area contributed by atoms with Crippen molar-refractivity contribution in [3.8, 4) is 5.75 Å². The van der Waals surface area contributed by atoms with Gasteiger partial charge in [0.15, 0.2) is 0 Å². The molecule has 23 heavy (non-hydrogen) atoms. The van der Waals surface area contributed by atoms with E-state index in [2.05, 4.69) is 17.2 Å². The molecule has 0 aliphatic rings. The van der Waals surface area contributed by atoms with Crippen LogP contribution in [0.15, 0.2) is 41.2 Å². The first-order valence-corrected chi connectivity index (χ1v) is 7.63. The molecule has 1 aromatic heterocycles. The smallest absolute Gasteiger partial charge is 0.260 e. The van der Waals surface area contributed by atoms with Gasteiger partial charge in [-0.3, -0.25) is 9.59 Å². The number of aromatic nitrogens is 1. The summed E-state index contributed by atoms with van der Waals surface area (Å²) < 4.78 is 5.14. The molecule has 5 heteroatoms. The van der Waals surface area contributed by atoms with E-state index >= 15 is 0 Å². The summed E-state index contributed by atoms with van der Waals surface area (Å²) in [6.07, 6.45) is 0.793. The number of hydrogen-bond acceptors (Lipinski definition) is 3. The van der Waals surface area contributed by atoms with Crippen LogP contribution in [-0.2, 0) is 0 Å². The van der Waals surface area contributed by atoms with E-state index in [-0.39, 0.29) is 17.0 Å². The van der Waals surface area contributed by atoms with Gasteiger partial charge in [-0.25, -0.2) is 0 Å². The highest BCUT2D eigenvalue weighted by Gasteiger charge is 2.11. The summed E-state index contributed by atoms with van der Waals surface area (Å²) >= 11 is 0. The second-order valence-corrected chi connectivity index (χ2v) is 5.60. The number of nitrogens with one attached hydrogen (secondary N) is 2. The highest BCUT2D eigenvalue weighted by Crippen LogP contribution is 2.21. The van der Waals surface area contributed by atoms with E-state index in [1.807, 2.05) is 24.3 Å². The van der Waals surface area contributed by atoms with Crippen molar-refractivity contribution in [1.82, 2.24) is 10.3 Å². The lowest BCUT2D eigenvalue weighted by molar-refractivity contribution is 0.0951. The van der Waals surface area contributed by atoms with Gasteiger partial charge >= 0.3 is 0 Å². The molecule has 0 saturated carbocycles. The molecule has 0 bridgehead atoms. The third-order valence-electron chi connectivity index (χ3n) is 3.85. The lowest BCUT2D eigenvalue weighted by Gasteiger charge is -2.13. The normalized spacial score (nSPS) is 11.8. The maximum Gasteiger partial charge on any atom is 0.260 e. The third-order valence-corrected chi connectivity index (χ3v) is 3.85. The van der Waals surface area contributed by atoms with Crippen molar-refractivity contribution in [1.29, 1.82) is 0 Å². The van der Waals surface area contributed by atoms with E-state index in [4.69, 9.17) is 4.74 Å². The number of amides is 1. The Morgan fingerprint density at radius 2 is 1.91 bits per heavy atom. The van der Waals surface area contributed by atoms with Gasteiger partial charge in [-0.1, -0.05) is 19.1 Å². The summed E-state index contributed by atoms with van der Waals surface area (Å²) in [6.45, 7) is 4.39. The van der Waals surface area contributed by atoms with Crippen LogP contribution in [0.3, 0.4) is 0 Å². The highest BCUT2D eigenvalue weighted by atomic mass is 16.5. The van der Waals surface area contributed by atoms with Crippen LogP contribution in [0.5, 0.6) is 5.75 Å². The van der Waals surface area contributed by atoms with Gasteiger partial charge in [0.2, 0.25) is 0 Å². The van der Waals surface area contributed by atoms with Crippen LogP contribution < -0.4 is 15.6 Å². The predicted octanol–water partition coefficient (Wildman–Crippen LogP) is 2.62. The number of H-pyrrole nitrogens is 1. The Hall–Kier alpha value is -2.56. The fourth-order valence-corrected chi connectivity index (χ4v) is 2.35. The summed E-state index contributed by atoms with van der Waals surface area (Å²) in [5.41, 5.74) is 1.71. The van der Waals surface area contributed by atoms with E-state index in [1.165, 1.54) is 5.56 Å². The Labute approximate surface area is 135 Å². The number of aryl methyl sites for hydroxylation is 1. The summed E-state index contributed by atoms with van der Waals surface area (Å²) in [4.78, 5) is 26.4. The summed E-state index contributed by atoms with van der Waals surface area (Å²) in [5, 5.41) is 2.80. The highest BCUT2D eigenvalue weighted by molar-refractivity contribution is 5.93. The predicted molar refractivity (Wildman–Crippen MR) is 90.2 cm³/mol. The minimum absolute atomic E-state index is 0.146. The third kappa shape index (κ3) is 4.45. The molecular formula is C18H22N2O3. The minimum Gasteiger partial charge on any atom is -0.497 e. The quantitative estimate of drug-likeness (QED) is 0.861. The molecule has 5 nitrogen and oxygen atoms in total. The monoisotopic (exact) mass is 314 g/mol. The van der Waals surface area contributed by atoms with Crippen molar-refractivity contribution < 1.29 is 9.53 Å². The van der Waals surface area contributed by atoms with Crippen LogP contribution in [0.2, 0.25) is 0 Å². The summed E-state index contributed by atoms with van der Waals surface area (Å²) in [6, 6.07) is 11.2. The zero-order valence-electron chi connectivity index (χ0n) is 13.7. The van der Waals surface area contributed by atoms with Crippen molar-refractivity contribution >= 4 is 5.91 Å². The van der Waals surface area contributed by atoms with E-state index in [0.717, 1.165) is 17.9 Å². The lowest BCUT2D eigenvalue weighted by Crippen LogP contribution is -2.30. The Bertz CT molecular complexity index is 720. The van der Waals surface area contributed by atoms with Gasteiger partial charge < -0.3 is 15.0 Å². The van der Waals surface area contributed by atoms with Crippen molar-refractivity contribution in [2.24, 2.45) is 0 Å². The molecule has 122 valence electrons. The Balaban J connectivity index is 1.88. The van der Waals surface area contributed by atoms with Crippen molar-refractivity contribution in [3.63, 3.8) is 0 Å². The molecule has 0 fully saturated rings. The number of aromatic amines is 1. The molecule has 0 radical (unpaired) electrons. The standard InChI is InChI=1S/C18H22N2O3/c1-12(14-5-7-15(23-3)8-6-14)10-11-19-17(21)16-9-4-13(2)20-18(16)22/h4-9,12H,10-11H2,1-3H3,(H,19,21)(H,20,22)/t12-/m1/s1. The van der Waals surface area contributed by atoms with Gasteiger partial charge in [0.1, 0.15) is 11.3 Å². The number of ether oxygens (including phenoxy) is 1. The van der Waals surface area contributed by atoms with E-state index in [9.17, 15) is 9.59 Å². The van der Waals surface area contributed by atoms with Gasteiger partial charge in [0.05, 0.1) is 7.11 Å². The van der Waals surface area contributed by atoms with Crippen LogP contribution in [-0.4, -0.2) is 24.5 Å². The average Bonchev–Trinajstić information content (AvgIpc) is 2.54. The molecule has 0 unspecified atom stereocenters. The molecule has 0 saturated heterocycles. The van der Waals surface area contributed by atoms with Gasteiger partial charge in [-0.2, -0.15) is 0 Å². The second-order valence-electron chi connectivity index (χ2n) is 5.60. The molecule has 2 aromatic rings. The van der Waals surface area contributed by atoms with Crippen LogP contribution in [0.4, 0.5) is 0 Å². The number of benzene rings is 1. The van der Waals surface area contributed by atoms with E-state index in [0.29, 0.717) is 12.5 Å². The first kappa shape index (κ1) is 16.8. The minimum atomic E-state index is -0.356. The number of pyridine rings is 1. The van der Waals surface area contributed by atoms with Crippen LogP contribution in [0, 0.1) is 6.92 Å². The topological polar surface area (TPSA) is 71.2 Å². The van der Waals surface area contributed by atoms with Crippen molar-refractivity contribution in [2.45, 2.75) is 26.2 Å². The first-order chi connectivity index (χ1) is 11.0. The van der Waals surface area contributed by atoms with E-state index in [1.54, 1.807) is 26.2 Å². The average molecular weight is 314 g/mol. The lowest BCUT2D eigenvalue weighted by atomic mass is 9.98. The molecule has 0 spiro atoms. The number of rotatable bonds is 6. The molecule has 0 aliphatic carbocycles. The van der Waals surface area contributed by atoms with Crippen LogP contribution >= 0.6 is 0 Å². The number of methoxy groups -OCH3 is 1. The van der Waals surface area contributed by atoms with Gasteiger partial charge in [-0.05, 0) is 49.1 Å². The summed E-state index contributed by atoms with van der Waals surface area (Å²) in [5.74, 6) is 0.790. The molecular weight excluding hydrogens is 292 g/mol. The molecule has 2 N–H and O–H groups in total. The molecule has 2 rings (SSSR count). The van der Waals surface area contributed by atoms with Crippen LogP contribution in [0.25, 0.3) is 0 Å². The number of carbonyl (C=O) groups excluding carboxylic acids is 1. The number of hydrogen-bond donors (Lipinski definition) is 2. The van der Waals surface area contributed by atoms with Crippen molar-refractivity contribution in [3.05, 3.63) is 63.6 Å². The molecule has 1 atom stereocenters.